The molecule has 0 radical (unpaired) electrons. The summed E-state index contributed by atoms with van der Waals surface area (Å²) < 4.78 is 0.892. The van der Waals surface area contributed by atoms with E-state index in [0.29, 0.717) is 10.9 Å². The molecule has 1 aliphatic heterocycles. The third-order valence-electron chi connectivity index (χ3n) is 3.95. The molecule has 0 saturated heterocycles. The quantitative estimate of drug-likeness (QED) is 0.759. The van der Waals surface area contributed by atoms with E-state index in [1.807, 2.05) is 26.0 Å². The Morgan fingerprint density at radius 3 is 2.71 bits per heavy atom. The number of aryl methyl sites for hydroxylation is 1. The fourth-order valence-electron chi connectivity index (χ4n) is 2.51. The summed E-state index contributed by atoms with van der Waals surface area (Å²) >= 11 is 0.920. The number of aromatic hydroxyl groups is 1. The van der Waals surface area contributed by atoms with Crippen LogP contribution in [0.2, 0.25) is 0 Å². The van der Waals surface area contributed by atoms with Gasteiger partial charge in [-0.05, 0) is 37.1 Å². The smallest absolute Gasteiger partial charge is 0.277 e. The maximum atomic E-state index is 12.3. The number of nitrogens with zero attached hydrogens (tertiary/aromatic N) is 2. The van der Waals surface area contributed by atoms with Crippen LogP contribution >= 0.6 is 11.3 Å². The van der Waals surface area contributed by atoms with Crippen LogP contribution in [0.5, 0.6) is 5.88 Å². The summed E-state index contributed by atoms with van der Waals surface area (Å²) in [7, 11) is 0. The number of carbonyl (C=O) groups excluding carboxylic acids is 2. The molecule has 1 aromatic carbocycles. The lowest BCUT2D eigenvalue weighted by Gasteiger charge is -2.07. The van der Waals surface area contributed by atoms with Gasteiger partial charge in [0.05, 0.1) is 10.2 Å². The van der Waals surface area contributed by atoms with Crippen molar-refractivity contribution in [3.63, 3.8) is 0 Å². The number of fused-ring (bicyclic) bond motifs is 1. The lowest BCUT2D eigenvalue weighted by Crippen LogP contribution is -2.33. The van der Waals surface area contributed by atoms with Crippen molar-refractivity contribution in [3.05, 3.63) is 49.1 Å². The second-order valence-corrected chi connectivity index (χ2v) is 6.59. The van der Waals surface area contributed by atoms with Crippen molar-refractivity contribution in [2.45, 2.75) is 20.8 Å². The van der Waals surface area contributed by atoms with Gasteiger partial charge in [0.2, 0.25) is 11.8 Å². The van der Waals surface area contributed by atoms with E-state index >= 15 is 0 Å². The molecule has 3 rings (SSSR count). The van der Waals surface area contributed by atoms with Gasteiger partial charge in [-0.15, -0.1) is 0 Å². The van der Waals surface area contributed by atoms with Crippen LogP contribution in [0.1, 0.15) is 27.7 Å². The number of carbonyl (C=O) groups is 2. The Bertz CT molecular complexity index is 1100. The summed E-state index contributed by atoms with van der Waals surface area (Å²) in [5.74, 6) is -1.21. The zero-order valence-electron chi connectivity index (χ0n) is 13.4. The van der Waals surface area contributed by atoms with Crippen molar-refractivity contribution in [3.8, 4) is 5.88 Å². The van der Waals surface area contributed by atoms with Crippen LogP contribution < -0.4 is 15.4 Å². The first-order valence-electron chi connectivity index (χ1n) is 7.22. The minimum atomic E-state index is -0.460. The van der Waals surface area contributed by atoms with Gasteiger partial charge in [0.15, 0.2) is 4.80 Å². The Morgan fingerprint density at radius 1 is 1.38 bits per heavy atom. The minimum absolute atomic E-state index is 0.0982. The highest BCUT2D eigenvalue weighted by Crippen LogP contribution is 2.24. The molecule has 0 unspecified atom stereocenters. The minimum Gasteiger partial charge on any atom is -0.493 e. The summed E-state index contributed by atoms with van der Waals surface area (Å²) in [5, 5.41) is 19.3. The van der Waals surface area contributed by atoms with Gasteiger partial charge in [-0.25, -0.2) is 9.56 Å². The molecule has 0 fully saturated rings. The molecule has 0 atom stereocenters. The van der Waals surface area contributed by atoms with Crippen LogP contribution in [-0.4, -0.2) is 21.5 Å². The predicted molar refractivity (Wildman–Crippen MR) is 90.3 cm³/mol. The molecule has 2 heterocycles. The summed E-state index contributed by atoms with van der Waals surface area (Å²) in [6, 6.07) is 3.85. The molecule has 7 heteroatoms. The summed E-state index contributed by atoms with van der Waals surface area (Å²) in [6.07, 6.45) is 3.17. The highest BCUT2D eigenvalue weighted by Gasteiger charge is 2.17. The lowest BCUT2D eigenvalue weighted by atomic mass is 10.0. The van der Waals surface area contributed by atoms with E-state index in [1.165, 1.54) is 13.0 Å². The van der Waals surface area contributed by atoms with Gasteiger partial charge in [0.25, 0.3) is 5.91 Å². The van der Waals surface area contributed by atoms with Crippen LogP contribution in [0.15, 0.2) is 22.7 Å². The topological polar surface area (TPSA) is 95.5 Å². The molecule has 122 valence electrons. The fourth-order valence-corrected chi connectivity index (χ4v) is 3.40. The molecule has 1 amide bonds. The summed E-state index contributed by atoms with van der Waals surface area (Å²) in [5.41, 5.74) is 2.32. The zero-order chi connectivity index (χ0) is 17.6. The summed E-state index contributed by atoms with van der Waals surface area (Å²) in [6.45, 7) is 5.14. The second kappa shape index (κ2) is 5.68. The normalized spacial score (nSPS) is 15.0. The average Bonchev–Trinajstić information content (AvgIpc) is 2.79. The highest BCUT2D eigenvalue weighted by molar-refractivity contribution is 7.10. The van der Waals surface area contributed by atoms with Crippen LogP contribution in [-0.2, 0) is 4.79 Å². The molecule has 0 spiro atoms. The molecule has 0 saturated carbocycles. The van der Waals surface area contributed by atoms with Crippen molar-refractivity contribution in [2.24, 2.45) is 4.99 Å². The number of benzene rings is 1. The maximum Gasteiger partial charge on any atom is 0.277 e. The van der Waals surface area contributed by atoms with Gasteiger partial charge in [-0.2, -0.15) is 0 Å². The van der Waals surface area contributed by atoms with Crippen LogP contribution in [0.3, 0.4) is 0 Å². The number of nitrogens with one attached hydrogen (secondary N) is 1. The van der Waals surface area contributed by atoms with Crippen molar-refractivity contribution in [1.82, 2.24) is 4.57 Å². The molecule has 0 aliphatic carbocycles. The Hall–Kier alpha value is -2.80. The van der Waals surface area contributed by atoms with Crippen molar-refractivity contribution in [2.75, 3.05) is 0 Å². The molecule has 1 aromatic heterocycles. The monoisotopic (exact) mass is 341 g/mol. The SMILES string of the molecule is CC(=O)n1c(O)c(C=C2C=c3ccc(C)c(C)c3=NC2=O)sc1=N. The van der Waals surface area contributed by atoms with Gasteiger partial charge in [-0.3, -0.25) is 15.0 Å². The second-order valence-electron chi connectivity index (χ2n) is 5.56. The van der Waals surface area contributed by atoms with E-state index in [2.05, 4.69) is 4.99 Å². The number of thiazole rings is 1. The molecule has 24 heavy (non-hydrogen) atoms. The molecule has 6 nitrogen and oxygen atoms in total. The number of hydrogen-bond donors (Lipinski definition) is 2. The Morgan fingerprint density at radius 2 is 2.08 bits per heavy atom. The fraction of sp³-hybridized carbons (Fsp3) is 0.176. The van der Waals surface area contributed by atoms with Crippen molar-refractivity contribution < 1.29 is 14.7 Å². The van der Waals surface area contributed by atoms with Gasteiger partial charge < -0.3 is 5.11 Å². The highest BCUT2D eigenvalue weighted by atomic mass is 32.1. The third-order valence-corrected chi connectivity index (χ3v) is 4.84. The number of amides is 1. The van der Waals surface area contributed by atoms with Crippen LogP contribution in [0.25, 0.3) is 12.2 Å². The molecular weight excluding hydrogens is 326 g/mol. The largest absolute Gasteiger partial charge is 0.493 e. The van der Waals surface area contributed by atoms with E-state index in [-0.39, 0.29) is 15.6 Å². The van der Waals surface area contributed by atoms with E-state index in [4.69, 9.17) is 5.41 Å². The zero-order valence-corrected chi connectivity index (χ0v) is 14.2. The molecule has 2 aromatic rings. The standard InChI is InChI=1S/C17H15N3O3S/c1-8-4-5-11-6-12(15(22)19-14(11)9(8)2)7-13-16(23)20(10(3)21)17(18)24-13/h4-7,18,23H,1-3H3. The molecule has 1 aliphatic rings. The van der Waals surface area contributed by atoms with Gasteiger partial charge in [0, 0.05) is 17.7 Å². The molecular formula is C17H15N3O3S. The van der Waals surface area contributed by atoms with Crippen molar-refractivity contribution in [1.29, 1.82) is 5.41 Å². The van der Waals surface area contributed by atoms with E-state index in [9.17, 15) is 14.7 Å². The Kier molecular flexibility index (Phi) is 3.81. The summed E-state index contributed by atoms with van der Waals surface area (Å²) in [4.78, 5) is 28.1. The van der Waals surface area contributed by atoms with Crippen LogP contribution in [0, 0.1) is 19.3 Å². The average molecular weight is 341 g/mol. The van der Waals surface area contributed by atoms with Gasteiger partial charge >= 0.3 is 0 Å². The predicted octanol–water partition coefficient (Wildman–Crippen LogP) is 1.04. The van der Waals surface area contributed by atoms with E-state index in [0.717, 1.165) is 32.2 Å². The Balaban J connectivity index is 2.20. The number of hydrogen-bond acceptors (Lipinski definition) is 5. The molecule has 2 N–H and O–H groups in total. The van der Waals surface area contributed by atoms with Crippen LogP contribution in [0.4, 0.5) is 0 Å². The number of rotatable bonds is 1. The van der Waals surface area contributed by atoms with Gasteiger partial charge in [-0.1, -0.05) is 23.5 Å². The first-order chi connectivity index (χ1) is 11.3. The lowest BCUT2D eigenvalue weighted by molar-refractivity contribution is -0.114. The molecule has 0 bridgehead atoms. The van der Waals surface area contributed by atoms with Gasteiger partial charge in [0.1, 0.15) is 0 Å². The first kappa shape index (κ1) is 16.1. The Labute approximate surface area is 141 Å². The first-order valence-corrected chi connectivity index (χ1v) is 8.04. The third kappa shape index (κ3) is 2.52. The number of aromatic nitrogens is 1. The van der Waals surface area contributed by atoms with E-state index in [1.54, 1.807) is 6.08 Å². The van der Waals surface area contributed by atoms with Crippen molar-refractivity contribution >= 4 is 35.3 Å². The van der Waals surface area contributed by atoms with E-state index < -0.39 is 11.8 Å². The maximum absolute atomic E-state index is 12.3.